The van der Waals surface area contributed by atoms with Crippen LogP contribution in [0.25, 0.3) is 22.3 Å². The molecule has 0 aliphatic heterocycles. The number of ether oxygens (including phenoxy) is 2. The van der Waals surface area contributed by atoms with Crippen LogP contribution in [0.15, 0.2) is 54.1 Å². The van der Waals surface area contributed by atoms with Gasteiger partial charge in [-0.2, -0.15) is 0 Å². The zero-order chi connectivity index (χ0) is 23.4. The Morgan fingerprint density at radius 2 is 1.66 bits per heavy atom. The van der Waals surface area contributed by atoms with Crippen molar-refractivity contribution in [1.29, 1.82) is 0 Å². The topological polar surface area (TPSA) is 91.2 Å². The van der Waals surface area contributed by atoms with E-state index >= 15 is 0 Å². The molecule has 4 N–H and O–H groups in total. The van der Waals surface area contributed by atoms with Crippen LogP contribution in [0.2, 0.25) is 0 Å². The SMILES string of the molecule is COc1cc(-c2ccc(NCC=C(C)C)c(F)c2)c(OC)c(O)c1-c1ccc(O)c(O)c1. The highest BCUT2D eigenvalue weighted by atomic mass is 19.1. The van der Waals surface area contributed by atoms with Crippen LogP contribution >= 0.6 is 0 Å². The van der Waals surface area contributed by atoms with E-state index < -0.39 is 5.82 Å². The van der Waals surface area contributed by atoms with E-state index in [2.05, 4.69) is 5.32 Å². The third-order valence-electron chi connectivity index (χ3n) is 4.99. The molecule has 0 aliphatic carbocycles. The van der Waals surface area contributed by atoms with Crippen LogP contribution in [0.4, 0.5) is 10.1 Å². The fraction of sp³-hybridized carbons (Fsp3) is 0.200. The fourth-order valence-corrected chi connectivity index (χ4v) is 3.36. The molecule has 0 spiro atoms. The molecule has 0 radical (unpaired) electrons. The molecule has 0 heterocycles. The van der Waals surface area contributed by atoms with Crippen molar-refractivity contribution in [2.45, 2.75) is 13.8 Å². The molecule has 7 heteroatoms. The first kappa shape index (κ1) is 22.8. The number of halogens is 1. The molecule has 6 nitrogen and oxygen atoms in total. The van der Waals surface area contributed by atoms with Crippen molar-refractivity contribution < 1.29 is 29.2 Å². The Balaban J connectivity index is 2.10. The van der Waals surface area contributed by atoms with E-state index in [4.69, 9.17) is 9.47 Å². The van der Waals surface area contributed by atoms with Crippen molar-refractivity contribution in [3.8, 4) is 51.0 Å². The summed E-state index contributed by atoms with van der Waals surface area (Å²) in [6.45, 7) is 4.44. The van der Waals surface area contributed by atoms with Crippen molar-refractivity contribution in [3.05, 3.63) is 59.9 Å². The van der Waals surface area contributed by atoms with E-state index in [9.17, 15) is 19.7 Å². The predicted octanol–water partition coefficient (Wildman–Crippen LogP) is 5.67. The molecule has 3 aromatic rings. The second-order valence-electron chi connectivity index (χ2n) is 7.44. The number of allylic oxidation sites excluding steroid dienone is 1. The van der Waals surface area contributed by atoms with Crippen LogP contribution in [-0.4, -0.2) is 36.1 Å². The average Bonchev–Trinajstić information content (AvgIpc) is 2.76. The molecule has 0 bridgehead atoms. The van der Waals surface area contributed by atoms with E-state index in [1.54, 1.807) is 18.2 Å². The van der Waals surface area contributed by atoms with E-state index in [1.165, 1.54) is 38.5 Å². The summed E-state index contributed by atoms with van der Waals surface area (Å²) in [5.41, 5.74) is 3.08. The van der Waals surface area contributed by atoms with Gasteiger partial charge in [-0.3, -0.25) is 0 Å². The smallest absolute Gasteiger partial charge is 0.170 e. The first-order chi connectivity index (χ1) is 15.3. The lowest BCUT2D eigenvalue weighted by Crippen LogP contribution is -2.01. The summed E-state index contributed by atoms with van der Waals surface area (Å²) in [6, 6.07) is 10.5. The molecule has 3 rings (SSSR count). The van der Waals surface area contributed by atoms with Crippen LogP contribution in [0, 0.1) is 5.82 Å². The van der Waals surface area contributed by atoms with Gasteiger partial charge in [0.2, 0.25) is 0 Å². The average molecular weight is 439 g/mol. The number of methoxy groups -OCH3 is 2. The van der Waals surface area contributed by atoms with Gasteiger partial charge in [-0.05, 0) is 55.3 Å². The molecular weight excluding hydrogens is 413 g/mol. The Kier molecular flexibility index (Phi) is 6.78. The summed E-state index contributed by atoms with van der Waals surface area (Å²) in [5.74, 6) is -0.904. The number of phenols is 3. The van der Waals surface area contributed by atoms with E-state index in [0.717, 1.165) is 5.57 Å². The van der Waals surface area contributed by atoms with Gasteiger partial charge in [-0.15, -0.1) is 0 Å². The summed E-state index contributed by atoms with van der Waals surface area (Å²) in [5, 5.41) is 33.5. The van der Waals surface area contributed by atoms with Crippen molar-refractivity contribution in [2.24, 2.45) is 0 Å². The molecule has 0 fully saturated rings. The molecule has 3 aromatic carbocycles. The van der Waals surface area contributed by atoms with Crippen LogP contribution in [0.3, 0.4) is 0 Å². The molecule has 0 unspecified atom stereocenters. The molecule has 168 valence electrons. The molecule has 0 saturated carbocycles. The van der Waals surface area contributed by atoms with E-state index in [1.807, 2.05) is 19.9 Å². The maximum Gasteiger partial charge on any atom is 0.170 e. The van der Waals surface area contributed by atoms with Crippen LogP contribution in [-0.2, 0) is 0 Å². The maximum atomic E-state index is 14.7. The van der Waals surface area contributed by atoms with Crippen molar-refractivity contribution >= 4 is 5.69 Å². The monoisotopic (exact) mass is 439 g/mol. The molecule has 0 aromatic heterocycles. The number of hydrogen-bond acceptors (Lipinski definition) is 6. The molecule has 0 saturated heterocycles. The van der Waals surface area contributed by atoms with E-state index in [-0.39, 0.29) is 34.3 Å². The van der Waals surface area contributed by atoms with Gasteiger partial charge in [0.25, 0.3) is 0 Å². The summed E-state index contributed by atoms with van der Waals surface area (Å²) >= 11 is 0. The summed E-state index contributed by atoms with van der Waals surface area (Å²) in [4.78, 5) is 0. The second kappa shape index (κ2) is 9.51. The minimum atomic E-state index is -0.447. The lowest BCUT2D eigenvalue weighted by Gasteiger charge is -2.18. The number of rotatable bonds is 7. The Morgan fingerprint density at radius 1 is 0.938 bits per heavy atom. The van der Waals surface area contributed by atoms with Gasteiger partial charge in [0, 0.05) is 12.1 Å². The Hall–Kier alpha value is -3.87. The largest absolute Gasteiger partial charge is 0.504 e. The molecule has 32 heavy (non-hydrogen) atoms. The lowest BCUT2D eigenvalue weighted by atomic mass is 9.96. The number of benzene rings is 3. The van der Waals surface area contributed by atoms with Gasteiger partial charge >= 0.3 is 0 Å². The number of nitrogens with one attached hydrogen (secondary N) is 1. The minimum absolute atomic E-state index is 0.123. The first-order valence-corrected chi connectivity index (χ1v) is 9.94. The maximum absolute atomic E-state index is 14.7. The molecular formula is C25H26FNO5. The number of anilines is 1. The minimum Gasteiger partial charge on any atom is -0.504 e. The Bertz CT molecular complexity index is 1170. The Labute approximate surface area is 186 Å². The van der Waals surface area contributed by atoms with Gasteiger partial charge in [0.1, 0.15) is 11.6 Å². The molecule has 0 amide bonds. The van der Waals surface area contributed by atoms with Crippen molar-refractivity contribution in [1.82, 2.24) is 0 Å². The van der Waals surface area contributed by atoms with Crippen molar-refractivity contribution in [3.63, 3.8) is 0 Å². The normalized spacial score (nSPS) is 10.5. The first-order valence-electron chi connectivity index (χ1n) is 9.94. The Morgan fingerprint density at radius 3 is 2.25 bits per heavy atom. The highest BCUT2D eigenvalue weighted by Crippen LogP contribution is 2.50. The van der Waals surface area contributed by atoms with Gasteiger partial charge in [0.15, 0.2) is 23.0 Å². The zero-order valence-corrected chi connectivity index (χ0v) is 18.4. The second-order valence-corrected chi connectivity index (χ2v) is 7.44. The van der Waals surface area contributed by atoms with E-state index in [0.29, 0.717) is 28.9 Å². The number of aromatic hydroxyl groups is 3. The zero-order valence-electron chi connectivity index (χ0n) is 18.4. The third-order valence-corrected chi connectivity index (χ3v) is 4.99. The van der Waals surface area contributed by atoms with Gasteiger partial charge in [0.05, 0.1) is 25.5 Å². The van der Waals surface area contributed by atoms with Crippen LogP contribution in [0.5, 0.6) is 28.7 Å². The van der Waals surface area contributed by atoms with Crippen molar-refractivity contribution in [2.75, 3.05) is 26.1 Å². The van der Waals surface area contributed by atoms with Gasteiger partial charge < -0.3 is 30.1 Å². The summed E-state index contributed by atoms with van der Waals surface area (Å²) in [6.07, 6.45) is 1.96. The summed E-state index contributed by atoms with van der Waals surface area (Å²) in [7, 11) is 2.83. The molecule has 0 aliphatic rings. The molecule has 0 atom stereocenters. The highest BCUT2D eigenvalue weighted by Gasteiger charge is 2.22. The highest BCUT2D eigenvalue weighted by molar-refractivity contribution is 5.88. The summed E-state index contributed by atoms with van der Waals surface area (Å²) < 4.78 is 25.6. The number of phenolic OH excluding ortho intramolecular Hbond substituents is 3. The van der Waals surface area contributed by atoms with Crippen LogP contribution < -0.4 is 14.8 Å². The third kappa shape index (κ3) is 4.56. The van der Waals surface area contributed by atoms with Gasteiger partial charge in [-0.25, -0.2) is 4.39 Å². The fourth-order valence-electron chi connectivity index (χ4n) is 3.36. The van der Waals surface area contributed by atoms with Crippen LogP contribution in [0.1, 0.15) is 13.8 Å². The predicted molar refractivity (Wildman–Crippen MR) is 123 cm³/mol. The quantitative estimate of drug-likeness (QED) is 0.280. The van der Waals surface area contributed by atoms with Gasteiger partial charge in [-0.1, -0.05) is 23.8 Å². The lowest BCUT2D eigenvalue weighted by molar-refractivity contribution is 0.369. The number of hydrogen-bond donors (Lipinski definition) is 4. The standard InChI is InChI=1S/C25H26FNO5/c1-14(2)9-10-27-19-7-5-15(11-18(19)26)17-13-22(31-3)23(24(30)25(17)32-4)16-6-8-20(28)21(29)12-16/h5-9,11-13,27-30H,10H2,1-4H3.